The lowest BCUT2D eigenvalue weighted by molar-refractivity contribution is -0.139. The number of pyridine rings is 1. The molecule has 3 aromatic carbocycles. The van der Waals surface area contributed by atoms with Gasteiger partial charge in [0.2, 0.25) is 5.91 Å². The van der Waals surface area contributed by atoms with Gasteiger partial charge in [-0.1, -0.05) is 48.5 Å². The monoisotopic (exact) mass is 508 g/mol. The summed E-state index contributed by atoms with van der Waals surface area (Å²) in [6.07, 6.45) is 3.56. The maximum Gasteiger partial charge on any atom is 0.251 e. The number of nitrogens with zero attached hydrogens (tertiary/aromatic N) is 3. The van der Waals surface area contributed by atoms with E-state index in [0.717, 1.165) is 16.8 Å². The lowest BCUT2D eigenvalue weighted by Crippen LogP contribution is -2.41. The molecule has 194 valence electrons. The van der Waals surface area contributed by atoms with Crippen molar-refractivity contribution in [2.75, 3.05) is 31.4 Å². The number of anilines is 2. The summed E-state index contributed by atoms with van der Waals surface area (Å²) in [5.41, 5.74) is 4.05. The van der Waals surface area contributed by atoms with E-state index in [1.807, 2.05) is 97.9 Å². The molecule has 4 rings (SSSR count). The molecule has 38 heavy (non-hydrogen) atoms. The van der Waals surface area contributed by atoms with Gasteiger partial charge in [0.15, 0.2) is 0 Å². The fourth-order valence-electron chi connectivity index (χ4n) is 4.20. The Labute approximate surface area is 223 Å². The van der Waals surface area contributed by atoms with Gasteiger partial charge in [0.1, 0.15) is 11.8 Å². The summed E-state index contributed by atoms with van der Waals surface area (Å²) >= 11 is 0. The molecule has 0 radical (unpaired) electrons. The summed E-state index contributed by atoms with van der Waals surface area (Å²) in [4.78, 5) is 35.6. The van der Waals surface area contributed by atoms with Crippen LogP contribution in [-0.4, -0.2) is 42.9 Å². The van der Waals surface area contributed by atoms with E-state index in [9.17, 15) is 9.59 Å². The first-order valence-electron chi connectivity index (χ1n) is 12.4. The van der Waals surface area contributed by atoms with E-state index in [4.69, 9.17) is 4.74 Å². The highest BCUT2D eigenvalue weighted by atomic mass is 16.5. The number of aromatic nitrogens is 1. The van der Waals surface area contributed by atoms with Crippen LogP contribution in [0.2, 0.25) is 0 Å². The zero-order valence-corrected chi connectivity index (χ0v) is 21.9. The molecule has 1 atom stereocenters. The summed E-state index contributed by atoms with van der Waals surface area (Å²) in [6.45, 7) is 0.225. The van der Waals surface area contributed by atoms with Crippen LogP contribution in [0, 0.1) is 0 Å². The van der Waals surface area contributed by atoms with Gasteiger partial charge in [-0.15, -0.1) is 0 Å². The van der Waals surface area contributed by atoms with Crippen LogP contribution < -0.4 is 15.0 Å². The van der Waals surface area contributed by atoms with E-state index in [1.165, 1.54) is 0 Å². The summed E-state index contributed by atoms with van der Waals surface area (Å²) in [7, 11) is 5.51. The number of hydrogen-bond donors (Lipinski definition) is 1. The Balaban J connectivity index is 1.71. The van der Waals surface area contributed by atoms with Crippen LogP contribution in [0.15, 0.2) is 103 Å². The van der Waals surface area contributed by atoms with Crippen molar-refractivity contribution in [2.45, 2.75) is 19.0 Å². The zero-order valence-electron chi connectivity index (χ0n) is 21.9. The first-order chi connectivity index (χ1) is 18.4. The lowest BCUT2D eigenvalue weighted by Gasteiger charge is -2.32. The Hall–Kier alpha value is -4.65. The molecule has 0 fully saturated rings. The largest absolute Gasteiger partial charge is 0.497 e. The Kier molecular flexibility index (Phi) is 8.72. The molecule has 0 saturated carbocycles. The van der Waals surface area contributed by atoms with Crippen molar-refractivity contribution in [1.82, 2.24) is 9.88 Å². The Bertz CT molecular complexity index is 1330. The average molecular weight is 509 g/mol. The summed E-state index contributed by atoms with van der Waals surface area (Å²) in [5.74, 6) is 0.193. The molecule has 0 aliphatic heterocycles. The van der Waals surface area contributed by atoms with E-state index in [1.54, 1.807) is 36.5 Å². The van der Waals surface area contributed by atoms with Crippen molar-refractivity contribution in [2.24, 2.45) is 0 Å². The number of rotatable bonds is 10. The van der Waals surface area contributed by atoms with Crippen molar-refractivity contribution in [3.8, 4) is 5.75 Å². The molecular weight excluding hydrogens is 476 g/mol. The Morgan fingerprint density at radius 3 is 2.16 bits per heavy atom. The smallest absolute Gasteiger partial charge is 0.251 e. The minimum atomic E-state index is -0.883. The van der Waals surface area contributed by atoms with Gasteiger partial charge in [-0.3, -0.25) is 14.6 Å². The van der Waals surface area contributed by atoms with Crippen molar-refractivity contribution in [3.63, 3.8) is 0 Å². The molecule has 4 aromatic rings. The van der Waals surface area contributed by atoms with E-state index in [0.29, 0.717) is 17.0 Å². The summed E-state index contributed by atoms with van der Waals surface area (Å²) in [6, 6.07) is 27.2. The minimum absolute atomic E-state index is 0.165. The van der Waals surface area contributed by atoms with Crippen LogP contribution in [0.1, 0.15) is 22.7 Å². The van der Waals surface area contributed by atoms with Gasteiger partial charge in [0.25, 0.3) is 5.91 Å². The fourth-order valence-corrected chi connectivity index (χ4v) is 4.20. The number of carbonyl (C=O) groups is 2. The van der Waals surface area contributed by atoms with Crippen LogP contribution in [0.3, 0.4) is 0 Å². The fraction of sp³-hybridized carbons (Fsp3) is 0.194. The van der Waals surface area contributed by atoms with Crippen molar-refractivity contribution in [3.05, 3.63) is 120 Å². The van der Waals surface area contributed by atoms with Crippen molar-refractivity contribution < 1.29 is 14.3 Å². The first-order valence-corrected chi connectivity index (χ1v) is 12.4. The first kappa shape index (κ1) is 26.4. The molecule has 2 amide bonds. The van der Waals surface area contributed by atoms with E-state index >= 15 is 0 Å². The minimum Gasteiger partial charge on any atom is -0.497 e. The van der Waals surface area contributed by atoms with Crippen LogP contribution >= 0.6 is 0 Å². The second-order valence-corrected chi connectivity index (χ2v) is 9.15. The van der Waals surface area contributed by atoms with Gasteiger partial charge in [-0.25, -0.2) is 0 Å². The van der Waals surface area contributed by atoms with Gasteiger partial charge < -0.3 is 19.9 Å². The number of hydrogen-bond acceptors (Lipinski definition) is 5. The van der Waals surface area contributed by atoms with E-state index < -0.39 is 6.04 Å². The maximum atomic E-state index is 13.9. The molecule has 1 unspecified atom stereocenters. The predicted molar refractivity (Wildman–Crippen MR) is 150 cm³/mol. The highest BCUT2D eigenvalue weighted by Gasteiger charge is 2.32. The topological polar surface area (TPSA) is 74.8 Å². The molecule has 0 spiro atoms. The SMILES string of the molecule is COc1ccc(C(C(=O)Nc2ccc(N(C)C)cc2)N(Cc2cccnc2)C(=O)Cc2ccccc2)cc1. The summed E-state index contributed by atoms with van der Waals surface area (Å²) in [5, 5.41) is 3.02. The molecule has 0 saturated heterocycles. The third-order valence-electron chi connectivity index (χ3n) is 6.24. The van der Waals surface area contributed by atoms with E-state index in [-0.39, 0.29) is 24.8 Å². The van der Waals surface area contributed by atoms with E-state index in [2.05, 4.69) is 10.3 Å². The number of methoxy groups -OCH3 is 1. The molecule has 0 aliphatic rings. The predicted octanol–water partition coefficient (Wildman–Crippen LogP) is 5.11. The van der Waals surface area contributed by atoms with Crippen LogP contribution in [0.4, 0.5) is 11.4 Å². The quantitative estimate of drug-likeness (QED) is 0.322. The number of carbonyl (C=O) groups excluding carboxylic acids is 2. The number of benzene rings is 3. The molecule has 1 heterocycles. The van der Waals surface area contributed by atoms with Crippen LogP contribution in [-0.2, 0) is 22.6 Å². The highest BCUT2D eigenvalue weighted by Crippen LogP contribution is 2.28. The van der Waals surface area contributed by atoms with Crippen LogP contribution in [0.25, 0.3) is 0 Å². The molecule has 0 bridgehead atoms. The van der Waals surface area contributed by atoms with Gasteiger partial charge in [0, 0.05) is 44.4 Å². The summed E-state index contributed by atoms with van der Waals surface area (Å²) < 4.78 is 5.32. The molecule has 7 nitrogen and oxygen atoms in total. The van der Waals surface area contributed by atoms with Crippen LogP contribution in [0.5, 0.6) is 5.75 Å². The number of amides is 2. The lowest BCUT2D eigenvalue weighted by atomic mass is 10.0. The third-order valence-corrected chi connectivity index (χ3v) is 6.24. The van der Waals surface area contributed by atoms with Gasteiger partial charge in [0.05, 0.1) is 13.5 Å². The second kappa shape index (κ2) is 12.5. The number of ether oxygens (including phenoxy) is 1. The van der Waals surface area contributed by atoms with Gasteiger partial charge >= 0.3 is 0 Å². The third kappa shape index (κ3) is 6.76. The molecule has 1 aromatic heterocycles. The Morgan fingerprint density at radius 1 is 0.868 bits per heavy atom. The standard InChI is InChI=1S/C31H32N4O3/c1-34(2)27-15-13-26(14-16-27)33-31(37)30(25-11-17-28(38-3)18-12-25)35(22-24-10-7-19-32-21-24)29(36)20-23-8-5-4-6-9-23/h4-19,21,30H,20,22H2,1-3H3,(H,33,37). The zero-order chi connectivity index (χ0) is 26.9. The molecule has 1 N–H and O–H groups in total. The Morgan fingerprint density at radius 2 is 1.55 bits per heavy atom. The second-order valence-electron chi connectivity index (χ2n) is 9.15. The van der Waals surface area contributed by atoms with Crippen molar-refractivity contribution in [1.29, 1.82) is 0 Å². The number of nitrogens with one attached hydrogen (secondary N) is 1. The molecular formula is C31H32N4O3. The molecule has 7 heteroatoms. The maximum absolute atomic E-state index is 13.9. The van der Waals surface area contributed by atoms with Gasteiger partial charge in [-0.2, -0.15) is 0 Å². The highest BCUT2D eigenvalue weighted by molar-refractivity contribution is 5.98. The molecule has 0 aliphatic carbocycles. The average Bonchev–Trinajstić information content (AvgIpc) is 2.94. The van der Waals surface area contributed by atoms with Gasteiger partial charge in [-0.05, 0) is 59.2 Å². The van der Waals surface area contributed by atoms with Crippen molar-refractivity contribution >= 4 is 23.2 Å². The normalized spacial score (nSPS) is 11.3.